The Labute approximate surface area is 224 Å². The molecule has 1 aliphatic carbocycles. The fraction of sp³-hybridized carbons (Fsp3) is 0.206. The summed E-state index contributed by atoms with van der Waals surface area (Å²) >= 11 is 0. The summed E-state index contributed by atoms with van der Waals surface area (Å²) in [6.45, 7) is 4.57. The van der Waals surface area contributed by atoms with Crippen molar-refractivity contribution < 1.29 is 14.2 Å². The van der Waals surface area contributed by atoms with E-state index in [0.29, 0.717) is 0 Å². The van der Waals surface area contributed by atoms with Crippen LogP contribution >= 0.6 is 0 Å². The first-order valence-electron chi connectivity index (χ1n) is 13.0. The van der Waals surface area contributed by atoms with Crippen molar-refractivity contribution in [2.75, 3.05) is 7.11 Å². The Morgan fingerprint density at radius 1 is 0.763 bits per heavy atom. The molecule has 4 nitrogen and oxygen atoms in total. The molecule has 4 heteroatoms. The molecule has 0 fully saturated rings. The number of rotatable bonds is 5. The number of allylic oxidation sites excluding steroid dienone is 2. The molecule has 1 atom stereocenters. The van der Waals surface area contributed by atoms with E-state index < -0.39 is 0 Å². The van der Waals surface area contributed by atoms with Crippen LogP contribution in [0, 0.1) is 5.41 Å². The van der Waals surface area contributed by atoms with Gasteiger partial charge in [0.1, 0.15) is 28.8 Å². The average Bonchev–Trinajstić information content (AvgIpc) is 2.93. The first-order valence-corrected chi connectivity index (χ1v) is 13.0. The van der Waals surface area contributed by atoms with Gasteiger partial charge in [0, 0.05) is 29.2 Å². The van der Waals surface area contributed by atoms with Crippen LogP contribution in [0.25, 0.3) is 0 Å². The highest BCUT2D eigenvalue weighted by atomic mass is 16.5. The predicted octanol–water partition coefficient (Wildman–Crippen LogP) is 8.86. The number of methoxy groups -OCH3 is 1. The quantitative estimate of drug-likeness (QED) is 0.274. The molecule has 0 N–H and O–H groups in total. The van der Waals surface area contributed by atoms with Crippen LogP contribution in [0.4, 0.5) is 5.69 Å². The van der Waals surface area contributed by atoms with Gasteiger partial charge in [-0.05, 0) is 72.0 Å². The summed E-state index contributed by atoms with van der Waals surface area (Å²) in [4.78, 5) is 5.23. The van der Waals surface area contributed by atoms with Gasteiger partial charge in [-0.3, -0.25) is 4.99 Å². The van der Waals surface area contributed by atoms with Crippen molar-refractivity contribution in [3.8, 4) is 23.0 Å². The molecule has 0 saturated carbocycles. The molecule has 190 valence electrons. The van der Waals surface area contributed by atoms with Gasteiger partial charge in [0.2, 0.25) is 0 Å². The minimum atomic E-state index is 0.0144. The summed E-state index contributed by atoms with van der Waals surface area (Å²) in [5, 5.41) is 0. The molecule has 0 unspecified atom stereocenters. The van der Waals surface area contributed by atoms with Gasteiger partial charge in [-0.15, -0.1) is 0 Å². The fourth-order valence-corrected chi connectivity index (χ4v) is 5.44. The lowest BCUT2D eigenvalue weighted by molar-refractivity contribution is 0.278. The number of nitrogens with zero attached hydrogens (tertiary/aromatic N) is 1. The number of ether oxygens (including phenoxy) is 3. The Morgan fingerprint density at radius 3 is 2.13 bits per heavy atom. The summed E-state index contributed by atoms with van der Waals surface area (Å²) in [5.74, 6) is 4.33. The fourth-order valence-electron chi connectivity index (χ4n) is 5.44. The highest BCUT2D eigenvalue weighted by molar-refractivity contribution is 6.05. The van der Waals surface area contributed by atoms with E-state index in [1.165, 1.54) is 11.1 Å². The highest BCUT2D eigenvalue weighted by Crippen LogP contribution is 2.51. The average molecular weight is 502 g/mol. The van der Waals surface area contributed by atoms with Crippen LogP contribution in [0.2, 0.25) is 0 Å². The van der Waals surface area contributed by atoms with Crippen LogP contribution in [0.5, 0.6) is 23.0 Å². The monoisotopic (exact) mass is 501 g/mol. The lowest BCUT2D eigenvalue weighted by Gasteiger charge is -2.40. The van der Waals surface area contributed by atoms with Gasteiger partial charge in [0.25, 0.3) is 0 Å². The van der Waals surface area contributed by atoms with Gasteiger partial charge in [-0.25, -0.2) is 0 Å². The van der Waals surface area contributed by atoms with E-state index in [9.17, 15) is 0 Å². The molecule has 0 spiro atoms. The summed E-state index contributed by atoms with van der Waals surface area (Å²) in [6.07, 6.45) is 1.72. The van der Waals surface area contributed by atoms with E-state index in [0.717, 1.165) is 58.6 Å². The first kappa shape index (κ1) is 24.1. The molecule has 4 aromatic carbocycles. The summed E-state index contributed by atoms with van der Waals surface area (Å²) in [6, 6.07) is 34.5. The molecule has 0 saturated heterocycles. The minimum absolute atomic E-state index is 0.0144. The molecule has 0 radical (unpaired) electrons. The number of aliphatic imine (C=N–C) groups is 1. The number of benzene rings is 4. The normalized spacial score (nSPS) is 18.8. The van der Waals surface area contributed by atoms with E-state index in [1.54, 1.807) is 7.11 Å². The molecule has 6 rings (SSSR count). The van der Waals surface area contributed by atoms with Crippen LogP contribution in [0.3, 0.4) is 0 Å². The highest BCUT2D eigenvalue weighted by Gasteiger charge is 2.41. The Kier molecular flexibility index (Phi) is 6.24. The van der Waals surface area contributed by atoms with Crippen LogP contribution in [0.15, 0.2) is 119 Å². The van der Waals surface area contributed by atoms with E-state index in [2.05, 4.69) is 50.2 Å². The Morgan fingerprint density at radius 2 is 1.42 bits per heavy atom. The SMILES string of the molecule is COc1ccc2c(c1)[C@H](c1ccccc1)C1=C(CC(C)(C)CC1=Nc1ccc(Oc3ccccc3)cc1)O2. The maximum Gasteiger partial charge on any atom is 0.131 e. The maximum atomic E-state index is 6.60. The van der Waals surface area contributed by atoms with Gasteiger partial charge >= 0.3 is 0 Å². The lowest BCUT2D eigenvalue weighted by atomic mass is 9.69. The zero-order valence-electron chi connectivity index (χ0n) is 22.0. The summed E-state index contributed by atoms with van der Waals surface area (Å²) in [7, 11) is 1.70. The topological polar surface area (TPSA) is 40.0 Å². The summed E-state index contributed by atoms with van der Waals surface area (Å²) in [5.41, 5.74) is 5.48. The molecule has 0 aromatic heterocycles. The van der Waals surface area contributed by atoms with Gasteiger partial charge in [0.05, 0.1) is 12.8 Å². The van der Waals surface area contributed by atoms with Crippen molar-refractivity contribution in [1.29, 1.82) is 0 Å². The summed E-state index contributed by atoms with van der Waals surface area (Å²) < 4.78 is 18.2. The van der Waals surface area contributed by atoms with E-state index in [4.69, 9.17) is 19.2 Å². The number of fused-ring (bicyclic) bond motifs is 1. The van der Waals surface area contributed by atoms with Crippen molar-refractivity contribution in [3.63, 3.8) is 0 Å². The Bertz CT molecular complexity index is 1500. The van der Waals surface area contributed by atoms with Crippen molar-refractivity contribution in [3.05, 3.63) is 126 Å². The Hall–Kier alpha value is -4.31. The zero-order valence-corrected chi connectivity index (χ0v) is 22.0. The van der Waals surface area contributed by atoms with E-state index in [1.807, 2.05) is 66.7 Å². The molecule has 0 bridgehead atoms. The Balaban J connectivity index is 1.43. The van der Waals surface area contributed by atoms with Crippen molar-refractivity contribution in [1.82, 2.24) is 0 Å². The molecule has 38 heavy (non-hydrogen) atoms. The largest absolute Gasteiger partial charge is 0.497 e. The number of hydrogen-bond acceptors (Lipinski definition) is 4. The van der Waals surface area contributed by atoms with Crippen molar-refractivity contribution >= 4 is 11.4 Å². The maximum absolute atomic E-state index is 6.60. The second kappa shape index (κ2) is 9.86. The molecular weight excluding hydrogens is 470 g/mol. The third-order valence-corrected chi connectivity index (χ3v) is 7.16. The van der Waals surface area contributed by atoms with Crippen molar-refractivity contribution in [2.45, 2.75) is 32.6 Å². The predicted molar refractivity (Wildman–Crippen MR) is 152 cm³/mol. The van der Waals surface area contributed by atoms with Crippen LogP contribution in [-0.4, -0.2) is 12.8 Å². The zero-order chi connectivity index (χ0) is 26.1. The third kappa shape index (κ3) is 4.82. The first-order chi connectivity index (χ1) is 18.5. The molecule has 0 amide bonds. The number of para-hydroxylation sites is 1. The smallest absolute Gasteiger partial charge is 0.131 e. The molecule has 1 heterocycles. The lowest BCUT2D eigenvalue weighted by Crippen LogP contribution is -2.33. The van der Waals surface area contributed by atoms with Crippen LogP contribution in [0.1, 0.15) is 43.7 Å². The van der Waals surface area contributed by atoms with Gasteiger partial charge in [0.15, 0.2) is 0 Å². The minimum Gasteiger partial charge on any atom is -0.497 e. The van der Waals surface area contributed by atoms with Gasteiger partial charge in [-0.2, -0.15) is 0 Å². The molecular formula is C34H31NO3. The van der Waals surface area contributed by atoms with Crippen LogP contribution < -0.4 is 14.2 Å². The third-order valence-electron chi connectivity index (χ3n) is 7.16. The molecule has 4 aromatic rings. The second-order valence-corrected chi connectivity index (χ2v) is 10.7. The number of hydrogen-bond donors (Lipinski definition) is 0. The van der Waals surface area contributed by atoms with Crippen LogP contribution in [-0.2, 0) is 0 Å². The molecule has 2 aliphatic rings. The van der Waals surface area contributed by atoms with Gasteiger partial charge < -0.3 is 14.2 Å². The standard InChI is InChI=1S/C34H31NO3/c1-34(2)21-29(35-24-14-16-26(17-15-24)37-25-12-8-5-9-13-25)33-31(22-34)38-30-19-18-27(36-3)20-28(30)32(33)23-10-6-4-7-11-23/h4-20,32H,21-22H2,1-3H3/t32-/m0/s1. The van der Waals surface area contributed by atoms with Crippen molar-refractivity contribution in [2.24, 2.45) is 10.4 Å². The van der Waals surface area contributed by atoms with E-state index >= 15 is 0 Å². The van der Waals surface area contributed by atoms with Gasteiger partial charge in [-0.1, -0.05) is 62.4 Å². The molecule has 1 aliphatic heterocycles. The van der Waals surface area contributed by atoms with E-state index in [-0.39, 0.29) is 11.3 Å². The second-order valence-electron chi connectivity index (χ2n) is 10.7.